The van der Waals surface area contributed by atoms with Gasteiger partial charge < -0.3 is 30.1 Å². The van der Waals surface area contributed by atoms with Crippen molar-refractivity contribution in [3.8, 4) is 0 Å². The average molecular weight is 642 g/mol. The summed E-state index contributed by atoms with van der Waals surface area (Å²) < 4.78 is 23.7. The number of carbonyl (C=O) groups excluding carboxylic acids is 5. The zero-order valence-corrected chi connectivity index (χ0v) is 27.0. The molecule has 1 aliphatic rings. The number of nitrogens with one attached hydrogen (secondary N) is 3. The number of aryl methyl sites for hydroxylation is 1. The Morgan fingerprint density at radius 2 is 1.91 bits per heavy atom. The van der Waals surface area contributed by atoms with Crippen LogP contribution >= 0.6 is 0 Å². The van der Waals surface area contributed by atoms with Crippen LogP contribution in [0.5, 0.6) is 0 Å². The first-order valence-corrected chi connectivity index (χ1v) is 15.6. The number of carbonyl (C=O) groups is 5. The molecule has 0 spiro atoms. The molecule has 1 aliphatic heterocycles. The highest BCUT2D eigenvalue weighted by molar-refractivity contribution is 5.97. The van der Waals surface area contributed by atoms with E-state index in [1.807, 2.05) is 13.8 Å². The first kappa shape index (κ1) is 35.9. The number of amides is 4. The number of rotatable bonds is 15. The van der Waals surface area contributed by atoms with E-state index >= 15 is 0 Å². The van der Waals surface area contributed by atoms with Crippen molar-refractivity contribution in [1.82, 2.24) is 26.0 Å². The second kappa shape index (κ2) is 17.2. The molecule has 1 saturated heterocycles. The van der Waals surface area contributed by atoms with Gasteiger partial charge in [0.1, 0.15) is 23.7 Å². The van der Waals surface area contributed by atoms with E-state index in [0.29, 0.717) is 24.3 Å². The lowest BCUT2D eigenvalue weighted by Crippen LogP contribution is -2.56. The van der Waals surface area contributed by atoms with Crippen molar-refractivity contribution in [2.75, 3.05) is 20.2 Å². The summed E-state index contributed by atoms with van der Waals surface area (Å²) in [5.74, 6) is -2.82. The summed E-state index contributed by atoms with van der Waals surface area (Å²) in [4.78, 5) is 66.9. The minimum absolute atomic E-state index is 0.00473. The first-order chi connectivity index (χ1) is 21.9. The summed E-state index contributed by atoms with van der Waals surface area (Å²) >= 11 is 0. The Labute approximate surface area is 268 Å². The topological polar surface area (TPSA) is 160 Å². The van der Waals surface area contributed by atoms with Gasteiger partial charge in [0.15, 0.2) is 5.69 Å². The standard InChI is InChI=1S/C33H44FN5O7/c1-6-45-29(40)14-13-25(19-23-8-7-15-35-30(23)41)36-32(43)28(18-22-9-11-24(34)12-10-22)39(5)33(44)27(16-20(2)3)37-31(42)26-17-21(4)46-38-26/h9-14,17,20,23,25,27-28H,6-8,15-16,18-19H2,1-5H3,(H,35,41)(H,36,43)(H,37,42)/b14-13+/t23-,25+,27-,28-/m0/s1. The van der Waals surface area contributed by atoms with Crippen molar-refractivity contribution >= 4 is 29.6 Å². The zero-order valence-electron chi connectivity index (χ0n) is 27.0. The molecular formula is C33H44FN5O7. The van der Waals surface area contributed by atoms with Crippen LogP contribution in [0.2, 0.25) is 0 Å². The molecule has 0 bridgehead atoms. The Morgan fingerprint density at radius 1 is 1.20 bits per heavy atom. The maximum absolute atomic E-state index is 14.0. The molecule has 1 aromatic carbocycles. The van der Waals surface area contributed by atoms with Crippen molar-refractivity contribution in [1.29, 1.82) is 0 Å². The van der Waals surface area contributed by atoms with Crippen LogP contribution in [0.25, 0.3) is 0 Å². The highest BCUT2D eigenvalue weighted by Gasteiger charge is 2.35. The summed E-state index contributed by atoms with van der Waals surface area (Å²) in [7, 11) is 1.47. The van der Waals surface area contributed by atoms with Gasteiger partial charge >= 0.3 is 5.97 Å². The first-order valence-electron chi connectivity index (χ1n) is 15.6. The predicted molar refractivity (Wildman–Crippen MR) is 167 cm³/mol. The fraction of sp³-hybridized carbons (Fsp3) is 0.515. The molecule has 3 rings (SSSR count). The fourth-order valence-electron chi connectivity index (χ4n) is 5.26. The summed E-state index contributed by atoms with van der Waals surface area (Å²) in [6.07, 6.45) is 4.60. The normalized spacial score (nSPS) is 16.8. The minimum Gasteiger partial charge on any atom is -0.463 e. The van der Waals surface area contributed by atoms with Gasteiger partial charge in [-0.2, -0.15) is 0 Å². The van der Waals surface area contributed by atoms with Gasteiger partial charge in [-0.3, -0.25) is 19.2 Å². The summed E-state index contributed by atoms with van der Waals surface area (Å²) in [6, 6.07) is 4.20. The van der Waals surface area contributed by atoms with E-state index in [1.165, 1.54) is 54.4 Å². The van der Waals surface area contributed by atoms with Crippen LogP contribution in [-0.4, -0.2) is 78.0 Å². The highest BCUT2D eigenvalue weighted by atomic mass is 19.1. The Morgan fingerprint density at radius 3 is 2.52 bits per heavy atom. The molecule has 4 atom stereocenters. The van der Waals surface area contributed by atoms with Crippen LogP contribution in [-0.2, 0) is 30.3 Å². The average Bonchev–Trinajstić information content (AvgIpc) is 3.45. The number of aromatic nitrogens is 1. The lowest BCUT2D eigenvalue weighted by Gasteiger charge is -2.33. The maximum atomic E-state index is 14.0. The second-order valence-electron chi connectivity index (χ2n) is 11.9. The van der Waals surface area contributed by atoms with Crippen LogP contribution in [0.1, 0.15) is 68.3 Å². The molecule has 0 unspecified atom stereocenters. The van der Waals surface area contributed by atoms with Gasteiger partial charge in [0, 0.05) is 44.1 Å². The number of ether oxygens (including phenoxy) is 1. The van der Waals surface area contributed by atoms with Crippen molar-refractivity contribution in [2.24, 2.45) is 11.8 Å². The van der Waals surface area contributed by atoms with Gasteiger partial charge in [-0.05, 0) is 63.1 Å². The third kappa shape index (κ3) is 10.8. The number of hydrogen-bond donors (Lipinski definition) is 3. The van der Waals surface area contributed by atoms with E-state index < -0.39 is 53.6 Å². The SMILES string of the molecule is CCOC(=O)/C=C/[C@H](C[C@@H]1CCCNC1=O)NC(=O)[C@H](Cc1ccc(F)cc1)N(C)C(=O)[C@H](CC(C)C)NC(=O)c1cc(C)on1. The Hall–Kier alpha value is -4.55. The van der Waals surface area contributed by atoms with E-state index in [9.17, 15) is 28.4 Å². The van der Waals surface area contributed by atoms with Crippen LogP contribution in [0.3, 0.4) is 0 Å². The van der Waals surface area contributed by atoms with Crippen molar-refractivity contribution in [3.63, 3.8) is 0 Å². The third-order valence-electron chi connectivity index (χ3n) is 7.65. The van der Waals surface area contributed by atoms with Gasteiger partial charge in [-0.25, -0.2) is 9.18 Å². The van der Waals surface area contributed by atoms with E-state index in [4.69, 9.17) is 9.26 Å². The smallest absolute Gasteiger partial charge is 0.330 e. The molecule has 2 aromatic rings. The number of benzene rings is 1. The van der Waals surface area contributed by atoms with E-state index in [2.05, 4.69) is 21.1 Å². The van der Waals surface area contributed by atoms with Crippen molar-refractivity contribution in [2.45, 2.75) is 77.9 Å². The summed E-state index contributed by atoms with van der Waals surface area (Å²) in [6.45, 7) is 7.85. The molecule has 2 heterocycles. The predicted octanol–water partition coefficient (Wildman–Crippen LogP) is 2.86. The summed E-state index contributed by atoms with van der Waals surface area (Å²) in [5, 5.41) is 12.2. The Balaban J connectivity index is 1.90. The second-order valence-corrected chi connectivity index (χ2v) is 11.9. The molecule has 250 valence electrons. The highest BCUT2D eigenvalue weighted by Crippen LogP contribution is 2.20. The van der Waals surface area contributed by atoms with Gasteiger partial charge in [-0.1, -0.05) is 37.2 Å². The van der Waals surface area contributed by atoms with E-state index in [0.717, 1.165) is 6.42 Å². The number of likely N-dealkylation sites (N-methyl/N-ethyl adjacent to an activating group) is 1. The molecule has 1 aromatic heterocycles. The van der Waals surface area contributed by atoms with Crippen LogP contribution in [0.4, 0.5) is 4.39 Å². The molecule has 13 heteroatoms. The third-order valence-corrected chi connectivity index (χ3v) is 7.65. The Bertz CT molecular complexity index is 1390. The number of halogens is 1. The largest absolute Gasteiger partial charge is 0.463 e. The number of nitrogens with zero attached hydrogens (tertiary/aromatic N) is 2. The molecule has 3 N–H and O–H groups in total. The van der Waals surface area contributed by atoms with Gasteiger partial charge in [0.05, 0.1) is 6.61 Å². The molecule has 0 aliphatic carbocycles. The van der Waals surface area contributed by atoms with Gasteiger partial charge in [0.25, 0.3) is 5.91 Å². The van der Waals surface area contributed by atoms with Crippen LogP contribution in [0, 0.1) is 24.6 Å². The number of piperidine rings is 1. The van der Waals surface area contributed by atoms with Crippen LogP contribution < -0.4 is 16.0 Å². The lowest BCUT2D eigenvalue weighted by atomic mass is 9.91. The quantitative estimate of drug-likeness (QED) is 0.198. The monoisotopic (exact) mass is 641 g/mol. The molecule has 46 heavy (non-hydrogen) atoms. The molecule has 1 fully saturated rings. The van der Waals surface area contributed by atoms with E-state index in [-0.39, 0.29) is 43.4 Å². The fourth-order valence-corrected chi connectivity index (χ4v) is 5.26. The molecule has 0 radical (unpaired) electrons. The summed E-state index contributed by atoms with van der Waals surface area (Å²) in [5.41, 5.74) is 0.610. The molecule has 4 amide bonds. The molecule has 0 saturated carbocycles. The molecular weight excluding hydrogens is 597 g/mol. The van der Waals surface area contributed by atoms with E-state index in [1.54, 1.807) is 13.8 Å². The molecule has 12 nitrogen and oxygen atoms in total. The van der Waals surface area contributed by atoms with Crippen molar-refractivity contribution < 1.29 is 37.6 Å². The maximum Gasteiger partial charge on any atom is 0.330 e. The number of esters is 1. The van der Waals surface area contributed by atoms with Crippen LogP contribution in [0.15, 0.2) is 47.0 Å². The Kier molecular flexibility index (Phi) is 13.5. The lowest BCUT2D eigenvalue weighted by molar-refractivity contribution is -0.140. The van der Waals surface area contributed by atoms with Gasteiger partial charge in [-0.15, -0.1) is 0 Å². The van der Waals surface area contributed by atoms with Gasteiger partial charge in [0.2, 0.25) is 17.7 Å². The minimum atomic E-state index is -1.10. The zero-order chi connectivity index (χ0) is 33.8. The number of hydrogen-bond acceptors (Lipinski definition) is 8. The van der Waals surface area contributed by atoms with Crippen molar-refractivity contribution in [3.05, 3.63) is 65.3 Å².